The van der Waals surface area contributed by atoms with E-state index < -0.39 is 12.2 Å². The van der Waals surface area contributed by atoms with Crippen LogP contribution >= 0.6 is 0 Å². The van der Waals surface area contributed by atoms with Gasteiger partial charge in [0.05, 0.1) is 11.7 Å². The van der Waals surface area contributed by atoms with Crippen molar-refractivity contribution in [2.45, 2.75) is 45.5 Å². The molecule has 4 aromatic rings. The van der Waals surface area contributed by atoms with Crippen LogP contribution in [0.4, 0.5) is 19.1 Å². The second kappa shape index (κ2) is 8.18. The van der Waals surface area contributed by atoms with Crippen molar-refractivity contribution in [2.24, 2.45) is 0 Å². The van der Waals surface area contributed by atoms with E-state index in [9.17, 15) is 13.2 Å². The average Bonchev–Trinajstić information content (AvgIpc) is 3.36. The highest BCUT2D eigenvalue weighted by atomic mass is 19.4. The van der Waals surface area contributed by atoms with Gasteiger partial charge in [0, 0.05) is 46.8 Å². The molecule has 32 heavy (non-hydrogen) atoms. The lowest BCUT2D eigenvalue weighted by Crippen LogP contribution is -2.38. The van der Waals surface area contributed by atoms with Crippen molar-refractivity contribution in [3.05, 3.63) is 49.1 Å². The molecule has 0 amide bonds. The number of rotatable bonds is 7. The summed E-state index contributed by atoms with van der Waals surface area (Å²) in [6, 6.07) is 2.27. The fourth-order valence-electron chi connectivity index (χ4n) is 3.34. The zero-order valence-electron chi connectivity index (χ0n) is 18.0. The predicted octanol–water partition coefficient (Wildman–Crippen LogP) is 4.99. The number of H-pyrrole nitrogens is 1. The summed E-state index contributed by atoms with van der Waals surface area (Å²) in [4.78, 5) is 12.1. The van der Waals surface area contributed by atoms with Gasteiger partial charge < -0.3 is 15.6 Å². The van der Waals surface area contributed by atoms with E-state index in [1.54, 1.807) is 16.9 Å². The van der Waals surface area contributed by atoms with E-state index in [0.717, 1.165) is 29.9 Å². The molecule has 4 heterocycles. The first-order valence-corrected chi connectivity index (χ1v) is 10.3. The summed E-state index contributed by atoms with van der Waals surface area (Å²) >= 11 is 0. The highest BCUT2D eigenvalue weighted by molar-refractivity contribution is 5.94. The lowest BCUT2D eigenvalue weighted by molar-refractivity contribution is -0.148. The van der Waals surface area contributed by atoms with Crippen molar-refractivity contribution >= 4 is 28.2 Å². The Balaban J connectivity index is 1.67. The van der Waals surface area contributed by atoms with Crippen molar-refractivity contribution in [3.63, 3.8) is 0 Å². The molecule has 0 spiro atoms. The number of aromatic amines is 1. The zero-order chi connectivity index (χ0) is 23.0. The number of nitrogens with one attached hydrogen (secondary N) is 3. The minimum Gasteiger partial charge on any atom is -0.374 e. The van der Waals surface area contributed by atoms with Gasteiger partial charge in [0.1, 0.15) is 11.7 Å². The van der Waals surface area contributed by atoms with Crippen LogP contribution in [0, 0.1) is 0 Å². The number of hydrogen-bond donors (Lipinski definition) is 3. The Morgan fingerprint density at radius 3 is 2.78 bits per heavy atom. The molecule has 7 nitrogen and oxygen atoms in total. The molecular formula is C22H24F3N7. The van der Waals surface area contributed by atoms with Crippen LogP contribution in [0.2, 0.25) is 0 Å². The molecule has 0 aliphatic carbocycles. The van der Waals surface area contributed by atoms with Gasteiger partial charge in [-0.25, -0.2) is 9.50 Å². The van der Waals surface area contributed by atoms with Gasteiger partial charge in [0.2, 0.25) is 5.95 Å². The molecule has 0 saturated carbocycles. The number of anilines is 1. The van der Waals surface area contributed by atoms with Gasteiger partial charge in [-0.1, -0.05) is 13.5 Å². The summed E-state index contributed by atoms with van der Waals surface area (Å²) < 4.78 is 40.4. The Kier molecular flexibility index (Phi) is 5.53. The number of aromatic nitrogens is 5. The zero-order valence-corrected chi connectivity index (χ0v) is 18.0. The van der Waals surface area contributed by atoms with Crippen molar-refractivity contribution < 1.29 is 13.2 Å². The molecule has 0 aromatic carbocycles. The lowest BCUT2D eigenvalue weighted by atomic mass is 10.1. The largest absolute Gasteiger partial charge is 0.408 e. The van der Waals surface area contributed by atoms with E-state index in [4.69, 9.17) is 0 Å². The number of alkyl halides is 3. The summed E-state index contributed by atoms with van der Waals surface area (Å²) in [7, 11) is 0. The molecule has 0 aliphatic rings. The fraction of sp³-hybridized carbons (Fsp3) is 0.318. The van der Waals surface area contributed by atoms with E-state index in [2.05, 4.69) is 51.1 Å². The Hall–Kier alpha value is -3.56. The standard InChI is InChI=1S/C22H24F3N7/c1-5-12(2)29-21-27-10-18-17(9-26-20(18)31-21)15-6-7-32-19(8-15)16(11-28-32)13(3)30-14(4)22(23,24)25/h6-12,14,30H,3,5H2,1-2,4H3,(H2,26,27,29,31). The average molecular weight is 443 g/mol. The first kappa shape index (κ1) is 21.7. The van der Waals surface area contributed by atoms with Crippen LogP contribution in [0.15, 0.2) is 43.5 Å². The molecule has 4 rings (SSSR count). The minimum atomic E-state index is -4.37. The smallest absolute Gasteiger partial charge is 0.374 e. The monoisotopic (exact) mass is 443 g/mol. The third-order valence-corrected chi connectivity index (χ3v) is 5.46. The minimum absolute atomic E-state index is 0.157. The van der Waals surface area contributed by atoms with Crippen LogP contribution in [-0.4, -0.2) is 42.8 Å². The topological polar surface area (TPSA) is 82.9 Å². The van der Waals surface area contributed by atoms with Crippen LogP contribution in [0.1, 0.15) is 32.8 Å². The first-order chi connectivity index (χ1) is 15.2. The van der Waals surface area contributed by atoms with Gasteiger partial charge in [-0.15, -0.1) is 0 Å². The van der Waals surface area contributed by atoms with Gasteiger partial charge in [0.25, 0.3) is 0 Å². The molecule has 0 radical (unpaired) electrons. The van der Waals surface area contributed by atoms with E-state index in [1.165, 1.54) is 6.20 Å². The molecule has 0 bridgehead atoms. The van der Waals surface area contributed by atoms with Crippen LogP contribution in [0.3, 0.4) is 0 Å². The third-order valence-electron chi connectivity index (χ3n) is 5.46. The molecule has 0 saturated heterocycles. The maximum atomic E-state index is 12.9. The molecule has 168 valence electrons. The predicted molar refractivity (Wildman–Crippen MR) is 119 cm³/mol. The Morgan fingerprint density at radius 2 is 2.06 bits per heavy atom. The normalized spacial score (nSPS) is 13.9. The highest BCUT2D eigenvalue weighted by Crippen LogP contribution is 2.30. The summed E-state index contributed by atoms with van der Waals surface area (Å²) in [5.41, 5.74) is 3.73. The lowest BCUT2D eigenvalue weighted by Gasteiger charge is -2.19. The van der Waals surface area contributed by atoms with Crippen LogP contribution in [0.5, 0.6) is 0 Å². The van der Waals surface area contributed by atoms with E-state index in [-0.39, 0.29) is 11.7 Å². The Bertz CT molecular complexity index is 1270. The third kappa shape index (κ3) is 4.12. The highest BCUT2D eigenvalue weighted by Gasteiger charge is 2.36. The van der Waals surface area contributed by atoms with Crippen LogP contribution in [0.25, 0.3) is 33.4 Å². The van der Waals surface area contributed by atoms with Crippen LogP contribution in [-0.2, 0) is 0 Å². The SMILES string of the molecule is C=C(NC(C)C(F)(F)F)c1cnn2ccc(-c3c[nH]c4nc(NC(C)CC)ncc34)cc12. The molecule has 10 heteroatoms. The molecular weight excluding hydrogens is 419 g/mol. The van der Waals surface area contributed by atoms with Crippen LogP contribution < -0.4 is 10.6 Å². The second-order valence-electron chi connectivity index (χ2n) is 7.80. The Morgan fingerprint density at radius 1 is 1.28 bits per heavy atom. The van der Waals surface area contributed by atoms with Gasteiger partial charge >= 0.3 is 6.18 Å². The summed E-state index contributed by atoms with van der Waals surface area (Å²) in [6.07, 6.45) is 3.44. The summed E-state index contributed by atoms with van der Waals surface area (Å²) in [5.74, 6) is 0.551. The van der Waals surface area contributed by atoms with Gasteiger partial charge in [-0.3, -0.25) is 0 Å². The van der Waals surface area contributed by atoms with Crippen molar-refractivity contribution in [3.8, 4) is 11.1 Å². The maximum absolute atomic E-state index is 12.9. The second-order valence-corrected chi connectivity index (χ2v) is 7.80. The van der Waals surface area contributed by atoms with Gasteiger partial charge in [0.15, 0.2) is 0 Å². The first-order valence-electron chi connectivity index (χ1n) is 10.3. The molecule has 4 aromatic heterocycles. The quantitative estimate of drug-likeness (QED) is 0.375. The number of hydrogen-bond acceptors (Lipinski definition) is 5. The number of halogens is 3. The number of fused-ring (bicyclic) bond motifs is 2. The van der Waals surface area contributed by atoms with E-state index in [1.807, 2.05) is 18.3 Å². The van der Waals surface area contributed by atoms with E-state index in [0.29, 0.717) is 22.7 Å². The van der Waals surface area contributed by atoms with Gasteiger partial charge in [-0.05, 0) is 38.0 Å². The summed E-state index contributed by atoms with van der Waals surface area (Å²) in [5, 5.41) is 10.7. The molecule has 3 N–H and O–H groups in total. The van der Waals surface area contributed by atoms with E-state index >= 15 is 0 Å². The molecule has 0 fully saturated rings. The summed E-state index contributed by atoms with van der Waals surface area (Å²) in [6.45, 7) is 8.98. The molecule has 2 unspecified atom stereocenters. The molecule has 2 atom stereocenters. The van der Waals surface area contributed by atoms with Crippen molar-refractivity contribution in [1.82, 2.24) is 29.9 Å². The fourth-order valence-corrected chi connectivity index (χ4v) is 3.34. The van der Waals surface area contributed by atoms with Gasteiger partial charge in [-0.2, -0.15) is 23.3 Å². The number of pyridine rings is 1. The van der Waals surface area contributed by atoms with Crippen molar-refractivity contribution in [2.75, 3.05) is 5.32 Å². The van der Waals surface area contributed by atoms with Crippen molar-refractivity contribution in [1.29, 1.82) is 0 Å². The number of nitrogens with zero attached hydrogens (tertiary/aromatic N) is 4. The Labute approximate surface area is 182 Å². The molecule has 0 aliphatic heterocycles. The maximum Gasteiger partial charge on any atom is 0.408 e.